The molecule has 96 valence electrons. The van der Waals surface area contributed by atoms with E-state index in [1.54, 1.807) is 0 Å². The number of pyridine rings is 1. The summed E-state index contributed by atoms with van der Waals surface area (Å²) in [5, 5.41) is 0. The molecule has 0 aromatic carbocycles. The molecular formula is C14H24N2O. The van der Waals surface area contributed by atoms with Gasteiger partial charge in [-0.05, 0) is 13.3 Å². The molecule has 1 heterocycles. The summed E-state index contributed by atoms with van der Waals surface area (Å²) >= 11 is 0. The standard InChI is InChI=1S/C14H24N2O/c1-3-4-5-6-7-8-17-14-9-12(2)16-11-13(14)10-15/h9,11H,3-8,10,15H2,1-2H3. The van der Waals surface area contributed by atoms with Crippen molar-refractivity contribution in [1.82, 2.24) is 4.98 Å². The molecule has 0 aliphatic carbocycles. The molecule has 3 nitrogen and oxygen atoms in total. The molecule has 0 atom stereocenters. The van der Waals surface area contributed by atoms with Gasteiger partial charge in [0.25, 0.3) is 0 Å². The summed E-state index contributed by atoms with van der Waals surface area (Å²) in [5.41, 5.74) is 7.62. The average Bonchev–Trinajstić information content (AvgIpc) is 2.34. The number of unbranched alkanes of at least 4 members (excludes halogenated alkanes) is 4. The van der Waals surface area contributed by atoms with Gasteiger partial charge in [0.05, 0.1) is 6.61 Å². The molecule has 0 saturated carbocycles. The van der Waals surface area contributed by atoms with E-state index in [9.17, 15) is 0 Å². The lowest BCUT2D eigenvalue weighted by Gasteiger charge is -2.10. The number of hydrogen-bond donors (Lipinski definition) is 1. The molecular weight excluding hydrogens is 212 g/mol. The highest BCUT2D eigenvalue weighted by Crippen LogP contribution is 2.18. The van der Waals surface area contributed by atoms with Crippen molar-refractivity contribution in [2.24, 2.45) is 5.73 Å². The van der Waals surface area contributed by atoms with E-state index < -0.39 is 0 Å². The van der Waals surface area contributed by atoms with Crippen LogP contribution in [0, 0.1) is 6.92 Å². The molecule has 0 amide bonds. The minimum atomic E-state index is 0.485. The molecule has 2 N–H and O–H groups in total. The number of rotatable bonds is 8. The van der Waals surface area contributed by atoms with Crippen molar-refractivity contribution in [1.29, 1.82) is 0 Å². The van der Waals surface area contributed by atoms with E-state index in [0.717, 1.165) is 30.0 Å². The van der Waals surface area contributed by atoms with Crippen LogP contribution in [0.1, 0.15) is 50.3 Å². The Morgan fingerprint density at radius 1 is 1.24 bits per heavy atom. The highest BCUT2D eigenvalue weighted by atomic mass is 16.5. The fourth-order valence-electron chi connectivity index (χ4n) is 1.74. The maximum Gasteiger partial charge on any atom is 0.127 e. The Labute approximate surface area is 104 Å². The molecule has 0 saturated heterocycles. The normalized spacial score (nSPS) is 10.5. The van der Waals surface area contributed by atoms with Crippen molar-refractivity contribution >= 4 is 0 Å². The monoisotopic (exact) mass is 236 g/mol. The van der Waals surface area contributed by atoms with Crippen molar-refractivity contribution in [3.05, 3.63) is 23.5 Å². The van der Waals surface area contributed by atoms with Gasteiger partial charge in [0, 0.05) is 30.1 Å². The number of aromatic nitrogens is 1. The predicted octanol–water partition coefficient (Wildman–Crippen LogP) is 3.20. The van der Waals surface area contributed by atoms with Crippen LogP contribution in [0.3, 0.4) is 0 Å². The van der Waals surface area contributed by atoms with Crippen LogP contribution in [0.15, 0.2) is 12.3 Å². The van der Waals surface area contributed by atoms with Crippen LogP contribution in [-0.4, -0.2) is 11.6 Å². The first-order valence-electron chi connectivity index (χ1n) is 6.56. The quantitative estimate of drug-likeness (QED) is 0.705. The number of nitrogens with zero attached hydrogens (tertiary/aromatic N) is 1. The predicted molar refractivity (Wildman–Crippen MR) is 71.1 cm³/mol. The van der Waals surface area contributed by atoms with E-state index in [4.69, 9.17) is 10.5 Å². The minimum Gasteiger partial charge on any atom is -0.493 e. The zero-order valence-corrected chi connectivity index (χ0v) is 11.0. The van der Waals surface area contributed by atoms with Gasteiger partial charge >= 0.3 is 0 Å². The zero-order valence-electron chi connectivity index (χ0n) is 11.0. The largest absolute Gasteiger partial charge is 0.493 e. The van der Waals surface area contributed by atoms with Gasteiger partial charge in [-0.3, -0.25) is 4.98 Å². The average molecular weight is 236 g/mol. The summed E-state index contributed by atoms with van der Waals surface area (Å²) in [5.74, 6) is 0.899. The molecule has 3 heteroatoms. The first-order valence-corrected chi connectivity index (χ1v) is 6.56. The van der Waals surface area contributed by atoms with Crippen molar-refractivity contribution in [2.75, 3.05) is 6.61 Å². The maximum atomic E-state index is 5.77. The first-order chi connectivity index (χ1) is 8.27. The molecule has 1 rings (SSSR count). The van der Waals surface area contributed by atoms with Gasteiger partial charge in [0.15, 0.2) is 0 Å². The zero-order chi connectivity index (χ0) is 12.5. The summed E-state index contributed by atoms with van der Waals surface area (Å²) in [6, 6.07) is 1.97. The van der Waals surface area contributed by atoms with Gasteiger partial charge in [0.1, 0.15) is 5.75 Å². The Kier molecular flexibility index (Phi) is 6.63. The summed E-state index contributed by atoms with van der Waals surface area (Å²) in [6.07, 6.45) is 8.08. The van der Waals surface area contributed by atoms with Crippen LogP contribution in [-0.2, 0) is 6.54 Å². The first kappa shape index (κ1) is 14.0. The van der Waals surface area contributed by atoms with E-state index in [1.165, 1.54) is 25.7 Å². The number of nitrogens with two attached hydrogens (primary N) is 1. The smallest absolute Gasteiger partial charge is 0.127 e. The second-order valence-electron chi connectivity index (χ2n) is 4.40. The van der Waals surface area contributed by atoms with Gasteiger partial charge in [-0.25, -0.2) is 0 Å². The lowest BCUT2D eigenvalue weighted by atomic mass is 10.2. The molecule has 0 fully saturated rings. The van der Waals surface area contributed by atoms with Gasteiger partial charge in [-0.1, -0.05) is 32.6 Å². The van der Waals surface area contributed by atoms with Crippen molar-refractivity contribution in [3.63, 3.8) is 0 Å². The Morgan fingerprint density at radius 3 is 2.71 bits per heavy atom. The molecule has 0 aliphatic rings. The number of ether oxygens (including phenoxy) is 1. The minimum absolute atomic E-state index is 0.485. The van der Waals surface area contributed by atoms with Gasteiger partial charge in [0.2, 0.25) is 0 Å². The molecule has 17 heavy (non-hydrogen) atoms. The molecule has 1 aromatic heterocycles. The second kappa shape index (κ2) is 8.07. The summed E-state index contributed by atoms with van der Waals surface area (Å²) < 4.78 is 5.77. The topological polar surface area (TPSA) is 48.1 Å². The summed E-state index contributed by atoms with van der Waals surface area (Å²) in [4.78, 5) is 4.22. The summed E-state index contributed by atoms with van der Waals surface area (Å²) in [6.45, 7) is 5.46. The van der Waals surface area contributed by atoms with E-state index in [2.05, 4.69) is 11.9 Å². The Hall–Kier alpha value is -1.09. The van der Waals surface area contributed by atoms with Crippen LogP contribution < -0.4 is 10.5 Å². The number of hydrogen-bond acceptors (Lipinski definition) is 3. The fraction of sp³-hybridized carbons (Fsp3) is 0.643. The molecule has 0 unspecified atom stereocenters. The number of aryl methyl sites for hydroxylation is 1. The molecule has 0 aliphatic heterocycles. The third kappa shape index (κ3) is 5.18. The summed E-state index contributed by atoms with van der Waals surface area (Å²) in [7, 11) is 0. The van der Waals surface area contributed by atoms with E-state index in [1.807, 2.05) is 19.2 Å². The Bertz CT molecular complexity index is 326. The van der Waals surface area contributed by atoms with Gasteiger partial charge < -0.3 is 10.5 Å². The third-order valence-corrected chi connectivity index (χ3v) is 2.81. The lowest BCUT2D eigenvalue weighted by Crippen LogP contribution is -2.05. The van der Waals surface area contributed by atoms with Crippen LogP contribution in [0.4, 0.5) is 0 Å². The highest BCUT2D eigenvalue weighted by Gasteiger charge is 2.03. The van der Waals surface area contributed by atoms with Crippen LogP contribution in [0.25, 0.3) is 0 Å². The second-order valence-corrected chi connectivity index (χ2v) is 4.40. The highest BCUT2D eigenvalue weighted by molar-refractivity contribution is 5.32. The van der Waals surface area contributed by atoms with Crippen molar-refractivity contribution < 1.29 is 4.74 Å². The van der Waals surface area contributed by atoms with E-state index >= 15 is 0 Å². The molecule has 0 bridgehead atoms. The Morgan fingerprint density at radius 2 is 2.00 bits per heavy atom. The molecule has 1 aromatic rings. The van der Waals surface area contributed by atoms with E-state index in [-0.39, 0.29) is 0 Å². The van der Waals surface area contributed by atoms with Gasteiger partial charge in [-0.15, -0.1) is 0 Å². The van der Waals surface area contributed by atoms with Crippen LogP contribution in [0.2, 0.25) is 0 Å². The van der Waals surface area contributed by atoms with Crippen LogP contribution >= 0.6 is 0 Å². The third-order valence-electron chi connectivity index (χ3n) is 2.81. The van der Waals surface area contributed by atoms with Crippen LogP contribution in [0.5, 0.6) is 5.75 Å². The molecule has 0 spiro atoms. The Balaban J connectivity index is 2.32. The molecule has 0 radical (unpaired) electrons. The SMILES string of the molecule is CCCCCCCOc1cc(C)ncc1CN. The van der Waals surface area contributed by atoms with Gasteiger partial charge in [-0.2, -0.15) is 0 Å². The van der Waals surface area contributed by atoms with Crippen molar-refractivity contribution in [3.8, 4) is 5.75 Å². The fourth-order valence-corrected chi connectivity index (χ4v) is 1.74. The van der Waals surface area contributed by atoms with E-state index in [0.29, 0.717) is 6.54 Å². The maximum absolute atomic E-state index is 5.77. The lowest BCUT2D eigenvalue weighted by molar-refractivity contribution is 0.301. The van der Waals surface area contributed by atoms with Crippen molar-refractivity contribution in [2.45, 2.75) is 52.5 Å².